The van der Waals surface area contributed by atoms with Gasteiger partial charge in [-0.15, -0.1) is 0 Å². The van der Waals surface area contributed by atoms with E-state index < -0.39 is 24.4 Å². The number of amides is 2. The van der Waals surface area contributed by atoms with Crippen LogP contribution in [0.4, 0.5) is 0 Å². The summed E-state index contributed by atoms with van der Waals surface area (Å²) in [5.74, 6) is -1.85. The van der Waals surface area contributed by atoms with Gasteiger partial charge in [0.15, 0.2) is 12.3 Å². The Bertz CT molecular complexity index is 1110. The fourth-order valence-electron chi connectivity index (χ4n) is 3.01. The molecule has 0 saturated heterocycles. The number of imide groups is 1. The van der Waals surface area contributed by atoms with Gasteiger partial charge >= 0.3 is 5.97 Å². The molecule has 3 heterocycles. The predicted molar refractivity (Wildman–Crippen MR) is 110 cm³/mol. The number of carbonyl (C=O) groups excluding carboxylic acids is 3. The normalized spacial score (nSPS) is 11.3. The van der Waals surface area contributed by atoms with Gasteiger partial charge in [-0.2, -0.15) is 5.10 Å². The van der Waals surface area contributed by atoms with Gasteiger partial charge in [-0.25, -0.2) is 14.5 Å². The van der Waals surface area contributed by atoms with Gasteiger partial charge in [0.25, 0.3) is 11.8 Å². The quantitative estimate of drug-likeness (QED) is 0.625. The van der Waals surface area contributed by atoms with Crippen molar-refractivity contribution in [3.05, 3.63) is 47.5 Å². The van der Waals surface area contributed by atoms with Crippen molar-refractivity contribution < 1.29 is 19.1 Å². The summed E-state index contributed by atoms with van der Waals surface area (Å²) in [5, 5.41) is 7.09. The fourth-order valence-corrected chi connectivity index (χ4v) is 3.01. The lowest BCUT2D eigenvalue weighted by Gasteiger charge is -2.12. The maximum atomic E-state index is 12.7. The second-order valence-electron chi connectivity index (χ2n) is 7.63. The molecule has 3 aromatic rings. The molecule has 0 bridgehead atoms. The van der Waals surface area contributed by atoms with Gasteiger partial charge in [-0.1, -0.05) is 13.8 Å². The molecule has 0 aliphatic heterocycles. The molecular weight excluding hydrogens is 386 g/mol. The Morgan fingerprint density at radius 2 is 1.93 bits per heavy atom. The van der Waals surface area contributed by atoms with Crippen molar-refractivity contribution in [3.8, 4) is 0 Å². The topological polar surface area (TPSA) is 108 Å². The van der Waals surface area contributed by atoms with E-state index in [-0.39, 0.29) is 17.5 Å². The zero-order valence-electron chi connectivity index (χ0n) is 17.7. The zero-order chi connectivity index (χ0) is 22.0. The van der Waals surface area contributed by atoms with Crippen molar-refractivity contribution >= 4 is 28.8 Å². The van der Waals surface area contributed by atoms with E-state index in [1.807, 2.05) is 27.7 Å². The molecule has 0 radical (unpaired) electrons. The van der Waals surface area contributed by atoms with Crippen LogP contribution < -0.4 is 5.32 Å². The van der Waals surface area contributed by atoms with Crippen molar-refractivity contribution in [2.24, 2.45) is 7.05 Å². The van der Waals surface area contributed by atoms with Crippen molar-refractivity contribution in [3.63, 3.8) is 0 Å². The van der Waals surface area contributed by atoms with Crippen LogP contribution in [0.5, 0.6) is 0 Å². The number of aromatic nitrogens is 4. The minimum Gasteiger partial charge on any atom is -0.452 e. The molecule has 0 fully saturated rings. The lowest BCUT2D eigenvalue weighted by Crippen LogP contribution is -2.35. The van der Waals surface area contributed by atoms with E-state index in [0.29, 0.717) is 16.7 Å². The number of hydrogen-bond acceptors (Lipinski definition) is 6. The Kier molecular flexibility index (Phi) is 6.00. The summed E-state index contributed by atoms with van der Waals surface area (Å²) in [6, 6.07) is 5.00. The number of aryl methyl sites for hydroxylation is 1. The third kappa shape index (κ3) is 4.24. The van der Waals surface area contributed by atoms with E-state index in [1.165, 1.54) is 0 Å². The Morgan fingerprint density at radius 1 is 1.20 bits per heavy atom. The molecule has 3 rings (SSSR count). The Labute approximate surface area is 174 Å². The standard InChI is InChI=1S/C21H25N5O4/c1-12(2)16-9-14(15-10-22-26(13(3)4)19(15)23-16)21(29)30-11-18(27)24-20(28)17-7-6-8-25(17)5/h6-10,12-13H,11H2,1-5H3,(H,24,27,28). The number of ether oxygens (including phenoxy) is 1. The van der Waals surface area contributed by atoms with E-state index in [1.54, 1.807) is 46.9 Å². The number of pyridine rings is 1. The van der Waals surface area contributed by atoms with Crippen molar-refractivity contribution in [1.82, 2.24) is 24.6 Å². The molecule has 3 aromatic heterocycles. The van der Waals surface area contributed by atoms with E-state index in [4.69, 9.17) is 4.74 Å². The zero-order valence-corrected chi connectivity index (χ0v) is 17.7. The minimum absolute atomic E-state index is 0.0654. The number of nitrogens with one attached hydrogen (secondary N) is 1. The first-order valence-electron chi connectivity index (χ1n) is 9.69. The van der Waals surface area contributed by atoms with Crippen molar-refractivity contribution in [2.45, 2.75) is 39.7 Å². The maximum Gasteiger partial charge on any atom is 0.339 e. The number of rotatable bonds is 6. The summed E-state index contributed by atoms with van der Waals surface area (Å²) in [6.07, 6.45) is 3.26. The molecule has 0 atom stereocenters. The van der Waals surface area contributed by atoms with E-state index in [9.17, 15) is 14.4 Å². The monoisotopic (exact) mass is 411 g/mol. The molecular formula is C21H25N5O4. The highest BCUT2D eigenvalue weighted by atomic mass is 16.5. The molecule has 0 aliphatic carbocycles. The second kappa shape index (κ2) is 8.48. The third-order valence-corrected chi connectivity index (χ3v) is 4.65. The third-order valence-electron chi connectivity index (χ3n) is 4.65. The second-order valence-corrected chi connectivity index (χ2v) is 7.63. The lowest BCUT2D eigenvalue weighted by atomic mass is 10.1. The Balaban J connectivity index is 1.77. The summed E-state index contributed by atoms with van der Waals surface area (Å²) in [4.78, 5) is 41.5. The molecule has 0 spiro atoms. The number of fused-ring (bicyclic) bond motifs is 1. The van der Waals surface area contributed by atoms with Crippen LogP contribution >= 0.6 is 0 Å². The van der Waals surface area contributed by atoms with E-state index >= 15 is 0 Å². The molecule has 0 saturated carbocycles. The minimum atomic E-state index is -0.707. The van der Waals surface area contributed by atoms with E-state index in [0.717, 1.165) is 5.69 Å². The van der Waals surface area contributed by atoms with Crippen LogP contribution in [0.25, 0.3) is 11.0 Å². The molecule has 0 aromatic carbocycles. The van der Waals surface area contributed by atoms with Crippen LogP contribution in [-0.2, 0) is 16.6 Å². The average Bonchev–Trinajstić information content (AvgIpc) is 3.31. The van der Waals surface area contributed by atoms with Crippen LogP contribution in [0.3, 0.4) is 0 Å². The number of esters is 1. The molecule has 158 valence electrons. The fraction of sp³-hybridized carbons (Fsp3) is 0.381. The summed E-state index contributed by atoms with van der Waals surface area (Å²) < 4.78 is 8.50. The number of nitrogens with zero attached hydrogens (tertiary/aromatic N) is 4. The van der Waals surface area contributed by atoms with Crippen LogP contribution in [0, 0.1) is 0 Å². The summed E-state index contributed by atoms with van der Waals surface area (Å²) in [6.45, 7) is 7.32. The van der Waals surface area contributed by atoms with Gasteiger partial charge < -0.3 is 9.30 Å². The van der Waals surface area contributed by atoms with Gasteiger partial charge in [0.05, 0.1) is 17.1 Å². The van der Waals surface area contributed by atoms with Gasteiger partial charge in [-0.05, 0) is 38.0 Å². The van der Waals surface area contributed by atoms with Crippen molar-refractivity contribution in [1.29, 1.82) is 0 Å². The first-order chi connectivity index (χ1) is 14.2. The van der Waals surface area contributed by atoms with Gasteiger partial charge in [-0.3, -0.25) is 14.9 Å². The predicted octanol–water partition coefficient (Wildman–Crippen LogP) is 2.59. The molecule has 2 amide bonds. The number of hydrogen-bond donors (Lipinski definition) is 1. The average molecular weight is 411 g/mol. The highest BCUT2D eigenvalue weighted by molar-refractivity contribution is 6.06. The van der Waals surface area contributed by atoms with Crippen LogP contribution in [0.2, 0.25) is 0 Å². The molecule has 9 heteroatoms. The molecule has 0 aliphatic rings. The summed E-state index contributed by atoms with van der Waals surface area (Å²) in [5.41, 5.74) is 1.93. The number of carbonyl (C=O) groups is 3. The lowest BCUT2D eigenvalue weighted by molar-refractivity contribution is -0.123. The first kappa shape index (κ1) is 21.2. The van der Waals surface area contributed by atoms with Crippen LogP contribution in [0.15, 0.2) is 30.6 Å². The summed E-state index contributed by atoms with van der Waals surface area (Å²) in [7, 11) is 1.69. The summed E-state index contributed by atoms with van der Waals surface area (Å²) >= 11 is 0. The SMILES string of the molecule is CC(C)c1cc(C(=O)OCC(=O)NC(=O)c2cccn2C)c2cnn(C(C)C)c2n1. The smallest absolute Gasteiger partial charge is 0.339 e. The van der Waals surface area contributed by atoms with Gasteiger partial charge in [0.1, 0.15) is 5.69 Å². The Morgan fingerprint density at radius 3 is 2.53 bits per heavy atom. The van der Waals surface area contributed by atoms with Gasteiger partial charge in [0.2, 0.25) is 0 Å². The molecule has 1 N–H and O–H groups in total. The molecule has 9 nitrogen and oxygen atoms in total. The first-order valence-corrected chi connectivity index (χ1v) is 9.69. The molecule has 30 heavy (non-hydrogen) atoms. The highest BCUT2D eigenvalue weighted by Gasteiger charge is 2.21. The van der Waals surface area contributed by atoms with Crippen molar-refractivity contribution in [2.75, 3.05) is 6.61 Å². The largest absolute Gasteiger partial charge is 0.452 e. The highest BCUT2D eigenvalue weighted by Crippen LogP contribution is 2.24. The van der Waals surface area contributed by atoms with E-state index in [2.05, 4.69) is 15.4 Å². The van der Waals surface area contributed by atoms with Gasteiger partial charge in [0, 0.05) is 25.0 Å². The van der Waals surface area contributed by atoms with Crippen LogP contribution in [0.1, 0.15) is 66.2 Å². The maximum absolute atomic E-state index is 12.7. The molecule has 0 unspecified atom stereocenters. The Hall–Kier alpha value is -3.49. The van der Waals surface area contributed by atoms with Crippen LogP contribution in [-0.4, -0.2) is 43.7 Å².